The fraction of sp³-hybridized carbons (Fsp3) is 0.917. The lowest BCUT2D eigenvalue weighted by Crippen LogP contribution is -2.45. The molecule has 2 aliphatic rings. The van der Waals surface area contributed by atoms with Crippen molar-refractivity contribution in [3.05, 3.63) is 0 Å². The van der Waals surface area contributed by atoms with Crippen molar-refractivity contribution in [2.45, 2.75) is 44.7 Å². The fourth-order valence-electron chi connectivity index (χ4n) is 2.44. The number of piperidine rings is 1. The van der Waals surface area contributed by atoms with E-state index >= 15 is 0 Å². The summed E-state index contributed by atoms with van der Waals surface area (Å²) in [7, 11) is 0. The molecule has 1 heterocycles. The molecule has 92 valence electrons. The van der Waals surface area contributed by atoms with E-state index in [0.717, 1.165) is 32.4 Å². The van der Waals surface area contributed by atoms with Crippen molar-refractivity contribution >= 4 is 5.91 Å². The van der Waals surface area contributed by atoms with E-state index in [1.54, 1.807) is 0 Å². The minimum absolute atomic E-state index is 0.105. The first-order chi connectivity index (χ1) is 7.70. The maximum Gasteiger partial charge on any atom is 0.224 e. The van der Waals surface area contributed by atoms with Gasteiger partial charge in [0.05, 0.1) is 5.92 Å². The van der Waals surface area contributed by atoms with E-state index in [9.17, 15) is 4.79 Å². The minimum atomic E-state index is 0.105. The standard InChI is InChI=1S/C12H23N3O/c1-2-5-15-6-3-9(4-7-15)14-12(16)10-8-11(10)13/h9-11H,2-8,13H2,1H3,(H,14,16). The molecule has 16 heavy (non-hydrogen) atoms. The van der Waals surface area contributed by atoms with Gasteiger partial charge < -0.3 is 16.0 Å². The van der Waals surface area contributed by atoms with Crippen LogP contribution in [-0.2, 0) is 4.79 Å². The van der Waals surface area contributed by atoms with Gasteiger partial charge in [-0.15, -0.1) is 0 Å². The van der Waals surface area contributed by atoms with Gasteiger partial charge in [-0.2, -0.15) is 0 Å². The molecule has 0 aromatic heterocycles. The first kappa shape index (κ1) is 11.9. The summed E-state index contributed by atoms with van der Waals surface area (Å²) in [6.45, 7) is 5.64. The van der Waals surface area contributed by atoms with Crippen LogP contribution < -0.4 is 11.1 Å². The van der Waals surface area contributed by atoms with Crippen molar-refractivity contribution in [2.75, 3.05) is 19.6 Å². The number of nitrogens with one attached hydrogen (secondary N) is 1. The molecule has 3 N–H and O–H groups in total. The van der Waals surface area contributed by atoms with Crippen LogP contribution in [0, 0.1) is 5.92 Å². The maximum absolute atomic E-state index is 11.7. The van der Waals surface area contributed by atoms with Gasteiger partial charge in [-0.3, -0.25) is 4.79 Å². The number of rotatable bonds is 4. The summed E-state index contributed by atoms with van der Waals surface area (Å²) in [6.07, 6.45) is 4.27. The van der Waals surface area contributed by atoms with E-state index in [2.05, 4.69) is 17.1 Å². The van der Waals surface area contributed by atoms with Gasteiger partial charge in [-0.05, 0) is 32.2 Å². The number of amides is 1. The second-order valence-corrected chi connectivity index (χ2v) is 5.13. The molecule has 1 saturated carbocycles. The molecular weight excluding hydrogens is 202 g/mol. The van der Waals surface area contributed by atoms with Gasteiger partial charge in [0.1, 0.15) is 0 Å². The summed E-state index contributed by atoms with van der Waals surface area (Å²) in [5.41, 5.74) is 5.67. The molecule has 4 nitrogen and oxygen atoms in total. The maximum atomic E-state index is 11.7. The van der Waals surface area contributed by atoms with E-state index in [1.807, 2.05) is 0 Å². The highest BCUT2D eigenvalue weighted by Crippen LogP contribution is 2.28. The Labute approximate surface area is 97.6 Å². The third-order valence-electron chi connectivity index (χ3n) is 3.65. The number of nitrogens with two attached hydrogens (primary N) is 1. The molecule has 1 aliphatic carbocycles. The zero-order valence-electron chi connectivity index (χ0n) is 10.1. The number of carbonyl (C=O) groups is 1. The Morgan fingerprint density at radius 1 is 1.44 bits per heavy atom. The molecule has 2 unspecified atom stereocenters. The molecule has 0 spiro atoms. The normalized spacial score (nSPS) is 31.4. The molecule has 0 aromatic carbocycles. The average molecular weight is 225 g/mol. The molecule has 1 saturated heterocycles. The minimum Gasteiger partial charge on any atom is -0.353 e. The van der Waals surface area contributed by atoms with Crippen LogP contribution in [0.25, 0.3) is 0 Å². The highest BCUT2D eigenvalue weighted by molar-refractivity contribution is 5.82. The Morgan fingerprint density at radius 3 is 2.56 bits per heavy atom. The van der Waals surface area contributed by atoms with E-state index in [0.29, 0.717) is 6.04 Å². The van der Waals surface area contributed by atoms with Crippen LogP contribution in [0.2, 0.25) is 0 Å². The molecule has 1 amide bonds. The smallest absolute Gasteiger partial charge is 0.224 e. The third-order valence-corrected chi connectivity index (χ3v) is 3.65. The summed E-state index contributed by atoms with van der Waals surface area (Å²) in [5.74, 6) is 0.287. The van der Waals surface area contributed by atoms with Gasteiger partial charge in [0.2, 0.25) is 5.91 Å². The summed E-state index contributed by atoms with van der Waals surface area (Å²) in [4.78, 5) is 14.2. The highest BCUT2D eigenvalue weighted by Gasteiger charge is 2.40. The first-order valence-corrected chi connectivity index (χ1v) is 6.49. The van der Waals surface area contributed by atoms with Crippen molar-refractivity contribution in [1.82, 2.24) is 10.2 Å². The lowest BCUT2D eigenvalue weighted by atomic mass is 10.0. The van der Waals surface area contributed by atoms with Gasteiger partial charge in [0.25, 0.3) is 0 Å². The Kier molecular flexibility index (Phi) is 3.82. The predicted molar refractivity (Wildman–Crippen MR) is 64.0 cm³/mol. The number of hydrogen-bond donors (Lipinski definition) is 2. The second kappa shape index (κ2) is 5.15. The Morgan fingerprint density at radius 2 is 2.06 bits per heavy atom. The topological polar surface area (TPSA) is 58.4 Å². The van der Waals surface area contributed by atoms with Crippen LogP contribution in [0.5, 0.6) is 0 Å². The number of nitrogens with zero attached hydrogens (tertiary/aromatic N) is 1. The van der Waals surface area contributed by atoms with E-state index in [4.69, 9.17) is 5.73 Å². The lowest BCUT2D eigenvalue weighted by Gasteiger charge is -2.32. The molecule has 2 atom stereocenters. The van der Waals surface area contributed by atoms with Gasteiger partial charge in [0, 0.05) is 25.2 Å². The van der Waals surface area contributed by atoms with Crippen LogP contribution in [0.1, 0.15) is 32.6 Å². The molecule has 2 rings (SSSR count). The van der Waals surface area contributed by atoms with Gasteiger partial charge in [0.15, 0.2) is 0 Å². The monoisotopic (exact) mass is 225 g/mol. The van der Waals surface area contributed by atoms with Crippen LogP contribution >= 0.6 is 0 Å². The van der Waals surface area contributed by atoms with Crippen LogP contribution in [0.15, 0.2) is 0 Å². The number of likely N-dealkylation sites (tertiary alicyclic amines) is 1. The largest absolute Gasteiger partial charge is 0.353 e. The lowest BCUT2D eigenvalue weighted by molar-refractivity contribution is -0.123. The summed E-state index contributed by atoms with van der Waals surface area (Å²) >= 11 is 0. The summed E-state index contributed by atoms with van der Waals surface area (Å²) in [6, 6.07) is 0.508. The highest BCUT2D eigenvalue weighted by atomic mass is 16.2. The Bertz CT molecular complexity index is 249. The van der Waals surface area contributed by atoms with Crippen molar-refractivity contribution in [3.63, 3.8) is 0 Å². The Balaban J connectivity index is 1.67. The van der Waals surface area contributed by atoms with Gasteiger partial charge in [-0.1, -0.05) is 6.92 Å². The first-order valence-electron chi connectivity index (χ1n) is 6.49. The van der Waals surface area contributed by atoms with Gasteiger partial charge in [-0.25, -0.2) is 0 Å². The summed E-state index contributed by atoms with van der Waals surface area (Å²) < 4.78 is 0. The van der Waals surface area contributed by atoms with Crippen LogP contribution in [0.4, 0.5) is 0 Å². The van der Waals surface area contributed by atoms with Crippen molar-refractivity contribution < 1.29 is 4.79 Å². The van der Waals surface area contributed by atoms with Crippen LogP contribution in [0.3, 0.4) is 0 Å². The van der Waals surface area contributed by atoms with Crippen molar-refractivity contribution in [1.29, 1.82) is 0 Å². The van der Waals surface area contributed by atoms with Crippen LogP contribution in [-0.4, -0.2) is 42.5 Å². The van der Waals surface area contributed by atoms with Crippen molar-refractivity contribution in [3.8, 4) is 0 Å². The zero-order chi connectivity index (χ0) is 11.5. The van der Waals surface area contributed by atoms with Crippen molar-refractivity contribution in [2.24, 2.45) is 11.7 Å². The molecule has 1 aliphatic heterocycles. The quantitative estimate of drug-likeness (QED) is 0.724. The molecule has 0 aromatic rings. The number of carbonyl (C=O) groups excluding carboxylic acids is 1. The molecular formula is C12H23N3O. The van der Waals surface area contributed by atoms with Gasteiger partial charge >= 0.3 is 0 Å². The zero-order valence-corrected chi connectivity index (χ0v) is 10.1. The molecule has 0 radical (unpaired) electrons. The summed E-state index contributed by atoms with van der Waals surface area (Å²) in [5, 5.41) is 3.13. The second-order valence-electron chi connectivity index (χ2n) is 5.13. The molecule has 4 heteroatoms. The predicted octanol–water partition coefficient (Wildman–Crippen LogP) is 0.324. The Hall–Kier alpha value is -0.610. The average Bonchev–Trinajstić information content (AvgIpc) is 2.99. The SMILES string of the molecule is CCCN1CCC(NC(=O)C2CC2N)CC1. The molecule has 0 bridgehead atoms. The van der Waals surface area contributed by atoms with E-state index in [-0.39, 0.29) is 17.9 Å². The van der Waals surface area contributed by atoms with E-state index < -0.39 is 0 Å². The van der Waals surface area contributed by atoms with E-state index in [1.165, 1.54) is 13.0 Å². The number of hydrogen-bond acceptors (Lipinski definition) is 3. The molecule has 2 fully saturated rings. The fourth-order valence-corrected chi connectivity index (χ4v) is 2.44. The third kappa shape index (κ3) is 2.95.